The molecule has 0 amide bonds. The summed E-state index contributed by atoms with van der Waals surface area (Å²) in [5, 5.41) is 0.525. The van der Waals surface area contributed by atoms with Gasteiger partial charge in [-0.2, -0.15) is 4.72 Å². The van der Waals surface area contributed by atoms with Gasteiger partial charge in [0, 0.05) is 6.07 Å². The normalized spacial score (nSPS) is 12.6. The number of hydrogen-bond donors (Lipinski definition) is 1. The van der Waals surface area contributed by atoms with Crippen LogP contribution in [-0.4, -0.2) is 20.4 Å². The van der Waals surface area contributed by atoms with Crippen molar-refractivity contribution in [3.05, 3.63) is 69.6 Å². The monoisotopic (exact) mass is 443 g/mol. The van der Waals surface area contributed by atoms with Gasteiger partial charge in [0.1, 0.15) is 17.4 Å². The Labute approximate surface area is 181 Å². The van der Waals surface area contributed by atoms with Gasteiger partial charge in [-0.3, -0.25) is 0 Å². The van der Waals surface area contributed by atoms with Gasteiger partial charge in [0.2, 0.25) is 10.0 Å². The van der Waals surface area contributed by atoms with Crippen molar-refractivity contribution in [3.63, 3.8) is 0 Å². The molecule has 7 nitrogen and oxygen atoms in total. The first kappa shape index (κ1) is 22.7. The van der Waals surface area contributed by atoms with E-state index < -0.39 is 27.7 Å². The van der Waals surface area contributed by atoms with Crippen LogP contribution in [0.5, 0.6) is 5.75 Å². The third-order valence-electron chi connectivity index (χ3n) is 4.95. The molecule has 1 aromatic heterocycles. The molecule has 0 unspecified atom stereocenters. The number of carbonyl (C=O) groups excluding carboxylic acids is 1. The van der Waals surface area contributed by atoms with Crippen LogP contribution in [0.15, 0.2) is 56.6 Å². The maximum absolute atomic E-state index is 12.9. The lowest BCUT2D eigenvalue weighted by Gasteiger charge is -2.17. The zero-order valence-corrected chi connectivity index (χ0v) is 18.7. The zero-order chi connectivity index (χ0) is 22.8. The molecule has 2 aromatic carbocycles. The summed E-state index contributed by atoms with van der Waals surface area (Å²) in [6.45, 7) is 7.21. The molecule has 31 heavy (non-hydrogen) atoms. The van der Waals surface area contributed by atoms with Gasteiger partial charge in [-0.15, -0.1) is 0 Å². The second-order valence-corrected chi connectivity index (χ2v) is 9.11. The minimum Gasteiger partial charge on any atom is -0.425 e. The van der Waals surface area contributed by atoms with Crippen LogP contribution in [-0.2, 0) is 21.2 Å². The molecule has 8 heteroatoms. The molecule has 0 radical (unpaired) electrons. The van der Waals surface area contributed by atoms with Crippen LogP contribution in [0.3, 0.4) is 0 Å². The van der Waals surface area contributed by atoms with E-state index in [2.05, 4.69) is 4.72 Å². The van der Waals surface area contributed by atoms with Crippen LogP contribution in [0.25, 0.3) is 11.0 Å². The Bertz CT molecular complexity index is 1280. The van der Waals surface area contributed by atoms with Gasteiger partial charge >= 0.3 is 11.6 Å². The van der Waals surface area contributed by atoms with Gasteiger partial charge in [0.15, 0.2) is 0 Å². The summed E-state index contributed by atoms with van der Waals surface area (Å²) in [6.07, 6.45) is 0.733. The maximum Gasteiger partial charge on any atom is 0.336 e. The van der Waals surface area contributed by atoms with Crippen molar-refractivity contribution < 1.29 is 22.4 Å². The lowest BCUT2D eigenvalue weighted by Crippen LogP contribution is -2.42. The number of sulfonamides is 1. The van der Waals surface area contributed by atoms with E-state index in [0.29, 0.717) is 23.0 Å². The molecule has 164 valence electrons. The molecule has 3 aromatic rings. The molecule has 1 heterocycles. The lowest BCUT2D eigenvalue weighted by atomic mass is 10.0. The topological polar surface area (TPSA) is 103 Å². The molecule has 1 atom stereocenters. The van der Waals surface area contributed by atoms with Crippen molar-refractivity contribution in [1.29, 1.82) is 0 Å². The molecule has 0 saturated carbocycles. The molecule has 0 fully saturated rings. The van der Waals surface area contributed by atoms with Crippen LogP contribution in [0.4, 0.5) is 0 Å². The Balaban J connectivity index is 1.93. The van der Waals surface area contributed by atoms with Crippen LogP contribution in [0, 0.1) is 13.8 Å². The molecule has 0 aliphatic carbocycles. The molecule has 3 rings (SSSR count). The van der Waals surface area contributed by atoms with E-state index >= 15 is 0 Å². The summed E-state index contributed by atoms with van der Waals surface area (Å²) in [7, 11) is -3.91. The molecule has 0 spiro atoms. The second-order valence-electron chi connectivity index (χ2n) is 7.40. The Morgan fingerprint density at radius 2 is 1.74 bits per heavy atom. The number of fused-ring (bicyclic) bond motifs is 1. The van der Waals surface area contributed by atoms with Crippen LogP contribution < -0.4 is 15.1 Å². The third kappa shape index (κ3) is 5.03. The number of rotatable bonds is 7. The number of carbonyl (C=O) groups is 1. The molecule has 1 N–H and O–H groups in total. The van der Waals surface area contributed by atoms with Gasteiger partial charge in [-0.05, 0) is 62.1 Å². The summed E-state index contributed by atoms with van der Waals surface area (Å²) in [5.74, 6) is -0.507. The summed E-state index contributed by atoms with van der Waals surface area (Å²) < 4.78 is 38.7. The predicted octanol–water partition coefficient (Wildman–Crippen LogP) is 3.63. The van der Waals surface area contributed by atoms with Crippen molar-refractivity contribution in [3.8, 4) is 5.75 Å². The van der Waals surface area contributed by atoms with Crippen molar-refractivity contribution >= 4 is 27.0 Å². The van der Waals surface area contributed by atoms with Gasteiger partial charge in [-0.25, -0.2) is 18.0 Å². The summed E-state index contributed by atoms with van der Waals surface area (Å²) in [5.41, 5.74) is 2.18. The minimum absolute atomic E-state index is 0.0698. The number of benzene rings is 2. The minimum atomic E-state index is -3.91. The van der Waals surface area contributed by atoms with Crippen LogP contribution >= 0.6 is 0 Å². The number of ether oxygens (including phenoxy) is 1. The first-order chi connectivity index (χ1) is 14.6. The summed E-state index contributed by atoms with van der Waals surface area (Å²) in [4.78, 5) is 24.8. The highest BCUT2D eigenvalue weighted by Crippen LogP contribution is 2.30. The summed E-state index contributed by atoms with van der Waals surface area (Å²) in [6, 6.07) is 10.00. The van der Waals surface area contributed by atoms with Crippen molar-refractivity contribution in [1.82, 2.24) is 4.72 Å². The maximum atomic E-state index is 12.9. The largest absolute Gasteiger partial charge is 0.425 e. The molecular formula is C23H25NO6S. The average molecular weight is 444 g/mol. The van der Waals surface area contributed by atoms with E-state index in [1.165, 1.54) is 18.2 Å². The van der Waals surface area contributed by atoms with Gasteiger partial charge in [0.25, 0.3) is 0 Å². The molecular weight excluding hydrogens is 418 g/mol. The smallest absolute Gasteiger partial charge is 0.336 e. The quantitative estimate of drug-likeness (QED) is 0.340. The number of nitrogens with one attached hydrogen (secondary N) is 1. The van der Waals surface area contributed by atoms with E-state index in [4.69, 9.17) is 9.15 Å². The van der Waals surface area contributed by atoms with E-state index in [1.54, 1.807) is 38.1 Å². The van der Waals surface area contributed by atoms with E-state index in [-0.39, 0.29) is 17.1 Å². The van der Waals surface area contributed by atoms with E-state index in [0.717, 1.165) is 11.1 Å². The highest BCUT2D eigenvalue weighted by atomic mass is 32.2. The Kier molecular flexibility index (Phi) is 6.62. The Hall–Kier alpha value is -2.97. The number of esters is 1. The molecule has 0 saturated heterocycles. The van der Waals surface area contributed by atoms with Crippen molar-refractivity contribution in [2.45, 2.75) is 51.5 Å². The fourth-order valence-electron chi connectivity index (χ4n) is 3.28. The highest BCUT2D eigenvalue weighted by Gasteiger charge is 2.27. The first-order valence-corrected chi connectivity index (χ1v) is 11.5. The van der Waals surface area contributed by atoms with Crippen LogP contribution in [0.1, 0.15) is 37.0 Å². The number of hydrogen-bond acceptors (Lipinski definition) is 6. The van der Waals surface area contributed by atoms with Gasteiger partial charge in [-0.1, -0.05) is 31.5 Å². The standard InChI is InChI=1S/C23H25NO6S/c1-5-16-13-21(25)29-19-11-15(4)12-20(22(16)19)30-23(26)18(6-2)24-31(27,28)17-9-7-14(3)8-10-17/h7-13,18,24H,5-6H2,1-4H3/t18-/m0/s1. The third-order valence-corrected chi connectivity index (χ3v) is 6.43. The number of aryl methyl sites for hydroxylation is 3. The second kappa shape index (κ2) is 9.03. The fraction of sp³-hybridized carbons (Fsp3) is 0.304. The lowest BCUT2D eigenvalue weighted by molar-refractivity contribution is -0.136. The molecule has 0 aliphatic rings. The summed E-state index contributed by atoms with van der Waals surface area (Å²) >= 11 is 0. The Morgan fingerprint density at radius 1 is 1.06 bits per heavy atom. The molecule has 0 bridgehead atoms. The van der Waals surface area contributed by atoms with Crippen molar-refractivity contribution in [2.24, 2.45) is 0 Å². The van der Waals surface area contributed by atoms with Gasteiger partial charge < -0.3 is 9.15 Å². The highest BCUT2D eigenvalue weighted by molar-refractivity contribution is 7.89. The van der Waals surface area contributed by atoms with Gasteiger partial charge in [0.05, 0.1) is 10.3 Å². The Morgan fingerprint density at radius 3 is 2.35 bits per heavy atom. The van der Waals surface area contributed by atoms with E-state index in [1.807, 2.05) is 13.8 Å². The SMILES string of the molecule is CCc1cc(=O)oc2cc(C)cc(OC(=O)[C@H](CC)NS(=O)(=O)c3ccc(C)cc3)c12. The van der Waals surface area contributed by atoms with E-state index in [9.17, 15) is 18.0 Å². The zero-order valence-electron chi connectivity index (χ0n) is 17.9. The predicted molar refractivity (Wildman–Crippen MR) is 118 cm³/mol. The average Bonchev–Trinajstić information content (AvgIpc) is 2.71. The fourth-order valence-corrected chi connectivity index (χ4v) is 4.55. The van der Waals surface area contributed by atoms with Crippen LogP contribution in [0.2, 0.25) is 0 Å². The first-order valence-electron chi connectivity index (χ1n) is 10.0. The van der Waals surface area contributed by atoms with Crippen molar-refractivity contribution in [2.75, 3.05) is 0 Å². The molecule has 0 aliphatic heterocycles.